The zero-order valence-corrected chi connectivity index (χ0v) is 10.6. The molecule has 3 heteroatoms. The first kappa shape index (κ1) is 10.0. The van der Waals surface area contributed by atoms with Crippen molar-refractivity contribution in [2.24, 2.45) is 0 Å². The lowest BCUT2D eigenvalue weighted by Gasteiger charge is -2.42. The molecule has 0 nitrogen and oxygen atoms in total. The molecule has 0 atom stereocenters. The first-order chi connectivity index (χ1) is 4.96. The van der Waals surface area contributed by atoms with E-state index in [1.807, 2.05) is 0 Å². The smallest absolute Gasteiger partial charge is 0.0748 e. The summed E-state index contributed by atoms with van der Waals surface area (Å²) in [5, 5.41) is 0. The highest BCUT2D eigenvalue weighted by molar-refractivity contribution is 8.21. The molecule has 0 radical (unpaired) electrons. The molecule has 11 heavy (non-hydrogen) atoms. The molecule has 1 fully saturated rings. The van der Waals surface area contributed by atoms with Crippen LogP contribution in [0.25, 0.3) is 0 Å². The van der Waals surface area contributed by atoms with Crippen LogP contribution in [0, 0.1) is 0 Å². The molecule has 0 N–H and O–H groups in total. The average Bonchev–Trinajstić information content (AvgIpc) is 1.87. The van der Waals surface area contributed by atoms with E-state index in [1.54, 1.807) is 0 Å². The third kappa shape index (κ3) is 2.19. The number of rotatable bonds is 1. The van der Waals surface area contributed by atoms with Crippen molar-refractivity contribution >= 4 is 31.6 Å². The zero-order valence-electron chi connectivity index (χ0n) is 7.94. The van der Waals surface area contributed by atoms with Crippen LogP contribution in [0.5, 0.6) is 0 Å². The van der Waals surface area contributed by atoms with Gasteiger partial charge >= 0.3 is 0 Å². The van der Waals surface area contributed by atoms with Crippen LogP contribution >= 0.6 is 23.5 Å². The first-order valence-electron chi connectivity index (χ1n) is 4.24. The summed E-state index contributed by atoms with van der Waals surface area (Å²) in [5.74, 6) is 2.77. The summed E-state index contributed by atoms with van der Waals surface area (Å²) in [6.07, 6.45) is 1.41. The SMILES string of the molecule is CC1([Si](C)(C)C)SCCCS1. The standard InChI is InChI=1S/C8H18S2Si/c1-8(11(2,3)4)9-6-5-7-10-8/h5-7H2,1-4H3. The maximum absolute atomic E-state index is 2.48. The molecule has 0 bridgehead atoms. The van der Waals surface area contributed by atoms with Crippen molar-refractivity contribution in [2.45, 2.75) is 36.7 Å². The molecule has 66 valence electrons. The van der Waals surface area contributed by atoms with Crippen LogP contribution in [-0.2, 0) is 0 Å². The summed E-state index contributed by atoms with van der Waals surface area (Å²) in [6, 6.07) is 0. The Balaban J connectivity index is 2.64. The third-order valence-electron chi connectivity index (χ3n) is 2.41. The summed E-state index contributed by atoms with van der Waals surface area (Å²) in [5.41, 5.74) is 0. The van der Waals surface area contributed by atoms with Crippen molar-refractivity contribution in [3.8, 4) is 0 Å². The summed E-state index contributed by atoms with van der Waals surface area (Å²) >= 11 is 4.39. The Morgan fingerprint density at radius 3 is 1.82 bits per heavy atom. The zero-order chi connectivity index (χ0) is 8.54. The van der Waals surface area contributed by atoms with Gasteiger partial charge in [-0.15, -0.1) is 23.5 Å². The Labute approximate surface area is 79.9 Å². The minimum atomic E-state index is -0.955. The lowest BCUT2D eigenvalue weighted by molar-refractivity contribution is 1.06. The quantitative estimate of drug-likeness (QED) is 0.603. The van der Waals surface area contributed by atoms with Crippen LogP contribution in [0.4, 0.5) is 0 Å². The Hall–Kier alpha value is 0.917. The molecule has 1 aliphatic rings. The molecule has 1 rings (SSSR count). The van der Waals surface area contributed by atoms with E-state index in [-0.39, 0.29) is 0 Å². The van der Waals surface area contributed by atoms with Gasteiger partial charge in [-0.25, -0.2) is 0 Å². The van der Waals surface area contributed by atoms with Crippen LogP contribution in [0.2, 0.25) is 19.6 Å². The largest absolute Gasteiger partial charge is 0.148 e. The van der Waals surface area contributed by atoms with Crippen LogP contribution in [0.15, 0.2) is 0 Å². The fraction of sp³-hybridized carbons (Fsp3) is 1.00. The van der Waals surface area contributed by atoms with E-state index < -0.39 is 8.07 Å². The highest BCUT2D eigenvalue weighted by atomic mass is 32.2. The van der Waals surface area contributed by atoms with Gasteiger partial charge in [0.05, 0.1) is 8.07 Å². The predicted octanol–water partition coefficient (Wildman–Crippen LogP) is 3.45. The highest BCUT2D eigenvalue weighted by Gasteiger charge is 2.41. The molecular formula is C8H18S2Si. The summed E-state index contributed by atoms with van der Waals surface area (Å²) in [4.78, 5) is 0. The van der Waals surface area contributed by atoms with Gasteiger partial charge in [0.25, 0.3) is 0 Å². The second-order valence-corrected chi connectivity index (χ2v) is 13.8. The predicted molar refractivity (Wildman–Crippen MR) is 61.3 cm³/mol. The molecule has 0 amide bonds. The van der Waals surface area contributed by atoms with E-state index in [1.165, 1.54) is 17.9 Å². The Morgan fingerprint density at radius 2 is 1.55 bits per heavy atom. The van der Waals surface area contributed by atoms with Crippen LogP contribution < -0.4 is 0 Å². The molecule has 0 spiro atoms. The van der Waals surface area contributed by atoms with Gasteiger partial charge in [0.1, 0.15) is 0 Å². The normalized spacial score (nSPS) is 25.1. The molecule has 0 aromatic rings. The lowest BCUT2D eigenvalue weighted by Crippen LogP contribution is -2.46. The van der Waals surface area contributed by atoms with Crippen LogP contribution in [-0.4, -0.2) is 23.3 Å². The average molecular weight is 206 g/mol. The molecule has 0 unspecified atom stereocenters. The van der Waals surface area contributed by atoms with E-state index in [9.17, 15) is 0 Å². The maximum atomic E-state index is 2.48. The summed E-state index contributed by atoms with van der Waals surface area (Å²) < 4.78 is 0.589. The number of hydrogen-bond donors (Lipinski definition) is 0. The summed E-state index contributed by atoms with van der Waals surface area (Å²) in [6.45, 7) is 9.91. The van der Waals surface area contributed by atoms with E-state index in [0.717, 1.165) is 0 Å². The second-order valence-electron chi connectivity index (χ2n) is 4.25. The third-order valence-corrected chi connectivity index (χ3v) is 12.5. The molecule has 1 aliphatic heterocycles. The van der Waals surface area contributed by atoms with Gasteiger partial charge in [-0.1, -0.05) is 19.6 Å². The number of thioether (sulfide) groups is 2. The van der Waals surface area contributed by atoms with Crippen LogP contribution in [0.3, 0.4) is 0 Å². The maximum Gasteiger partial charge on any atom is 0.0748 e. The van der Waals surface area contributed by atoms with Crippen molar-refractivity contribution in [1.29, 1.82) is 0 Å². The van der Waals surface area contributed by atoms with E-state index in [2.05, 4.69) is 50.1 Å². The molecular weight excluding hydrogens is 188 g/mol. The van der Waals surface area contributed by atoms with Gasteiger partial charge in [0.15, 0.2) is 0 Å². The highest BCUT2D eigenvalue weighted by Crippen LogP contribution is 2.47. The van der Waals surface area contributed by atoms with Gasteiger partial charge in [-0.3, -0.25) is 0 Å². The molecule has 0 aliphatic carbocycles. The van der Waals surface area contributed by atoms with Gasteiger partial charge < -0.3 is 0 Å². The van der Waals surface area contributed by atoms with Crippen molar-refractivity contribution in [2.75, 3.05) is 11.5 Å². The van der Waals surface area contributed by atoms with Crippen molar-refractivity contribution in [3.05, 3.63) is 0 Å². The van der Waals surface area contributed by atoms with Gasteiger partial charge in [0.2, 0.25) is 0 Å². The lowest BCUT2D eigenvalue weighted by atomic mass is 10.6. The minimum absolute atomic E-state index is 0.589. The molecule has 1 saturated heterocycles. The Bertz CT molecular complexity index is 134. The molecule has 0 aromatic carbocycles. The fourth-order valence-electron chi connectivity index (χ4n) is 1.07. The Morgan fingerprint density at radius 1 is 1.09 bits per heavy atom. The van der Waals surface area contributed by atoms with E-state index in [0.29, 0.717) is 3.70 Å². The first-order valence-corrected chi connectivity index (χ1v) is 9.71. The Kier molecular flexibility index (Phi) is 3.04. The fourth-order valence-corrected chi connectivity index (χ4v) is 7.52. The van der Waals surface area contributed by atoms with Crippen molar-refractivity contribution in [1.82, 2.24) is 0 Å². The van der Waals surface area contributed by atoms with Gasteiger partial charge in [0, 0.05) is 3.70 Å². The topological polar surface area (TPSA) is 0 Å². The molecule has 1 heterocycles. The molecule has 0 saturated carbocycles. The minimum Gasteiger partial charge on any atom is -0.148 e. The molecule has 0 aromatic heterocycles. The van der Waals surface area contributed by atoms with E-state index >= 15 is 0 Å². The van der Waals surface area contributed by atoms with Crippen molar-refractivity contribution in [3.63, 3.8) is 0 Å². The van der Waals surface area contributed by atoms with Crippen LogP contribution in [0.1, 0.15) is 13.3 Å². The van der Waals surface area contributed by atoms with Gasteiger partial charge in [-0.05, 0) is 24.9 Å². The van der Waals surface area contributed by atoms with E-state index in [4.69, 9.17) is 0 Å². The monoisotopic (exact) mass is 206 g/mol. The number of hydrogen-bond acceptors (Lipinski definition) is 2. The van der Waals surface area contributed by atoms with Crippen molar-refractivity contribution < 1.29 is 0 Å². The second kappa shape index (κ2) is 3.34. The van der Waals surface area contributed by atoms with Gasteiger partial charge in [-0.2, -0.15) is 0 Å². The summed E-state index contributed by atoms with van der Waals surface area (Å²) in [7, 11) is -0.955.